The summed E-state index contributed by atoms with van der Waals surface area (Å²) in [6.07, 6.45) is 1.12. The zero-order valence-electron chi connectivity index (χ0n) is 6.53. The fourth-order valence-electron chi connectivity index (χ4n) is 0.656. The third-order valence-electron chi connectivity index (χ3n) is 1.01. The molecule has 0 aromatic heterocycles. The van der Waals surface area contributed by atoms with Gasteiger partial charge in [0.25, 0.3) is 5.12 Å². The number of esters is 1. The monoisotopic (exact) mass is 196 g/mol. The van der Waals surface area contributed by atoms with E-state index in [0.29, 0.717) is 6.42 Å². The number of hydrogen-bond donors (Lipinski definition) is 2. The summed E-state index contributed by atoms with van der Waals surface area (Å²) in [5.41, 5.74) is 0. The third kappa shape index (κ3) is 4.55. The average molecular weight is 196 g/mol. The smallest absolute Gasteiger partial charge is 0.305 e. The van der Waals surface area contributed by atoms with Crippen LogP contribution >= 0.6 is 22.5 Å². The molecule has 0 bridgehead atoms. The van der Waals surface area contributed by atoms with E-state index in [1.165, 1.54) is 6.92 Å². The Labute approximate surface area is 75.3 Å². The molecule has 0 rings (SSSR count). The van der Waals surface area contributed by atoms with Crippen molar-refractivity contribution in [1.82, 2.24) is 0 Å². The lowest BCUT2D eigenvalue weighted by atomic mass is 10.3. The molecule has 11 heavy (non-hydrogen) atoms. The number of rotatable bonds is 4. The molecule has 66 valence electrons. The van der Waals surface area contributed by atoms with Crippen LogP contribution in [0.1, 0.15) is 26.7 Å². The maximum Gasteiger partial charge on any atom is 0.305 e. The second-order valence-electron chi connectivity index (χ2n) is 2.15. The first-order valence-electron chi connectivity index (χ1n) is 3.28. The Morgan fingerprint density at radius 3 is 2.64 bits per heavy atom. The van der Waals surface area contributed by atoms with Crippen molar-refractivity contribution in [2.24, 2.45) is 0 Å². The molecule has 0 aliphatic rings. The van der Waals surface area contributed by atoms with Crippen LogP contribution in [-0.2, 0) is 9.53 Å². The average Bonchev–Trinajstić information content (AvgIpc) is 1.87. The van der Waals surface area contributed by atoms with E-state index in [9.17, 15) is 9.90 Å². The van der Waals surface area contributed by atoms with Gasteiger partial charge in [-0.05, 0) is 17.2 Å². The number of aliphatic hydroxyl groups is 1. The highest BCUT2D eigenvalue weighted by Crippen LogP contribution is 2.31. The normalized spacial score (nSPS) is 15.6. The Kier molecular flexibility index (Phi) is 4.96. The molecular weight excluding hydrogens is 184 g/mol. The Bertz CT molecular complexity index is 140. The van der Waals surface area contributed by atoms with Crippen molar-refractivity contribution in [3.05, 3.63) is 0 Å². The summed E-state index contributed by atoms with van der Waals surface area (Å²) in [5.74, 6) is -0.498. The van der Waals surface area contributed by atoms with Crippen LogP contribution in [0.2, 0.25) is 0 Å². The topological polar surface area (TPSA) is 46.5 Å². The number of thiol groups is 1. The van der Waals surface area contributed by atoms with Gasteiger partial charge in [-0.15, -0.1) is 11.7 Å². The standard InChI is InChI=1S/C6H12O3S2/c1-3-4-6(8,11-10)9-5(2)7/h8,10H,3-4H2,1-2H3. The number of hydrogen-bond acceptors (Lipinski definition) is 5. The van der Waals surface area contributed by atoms with Crippen molar-refractivity contribution < 1.29 is 14.6 Å². The molecule has 0 heterocycles. The van der Waals surface area contributed by atoms with Crippen LogP contribution in [0.15, 0.2) is 0 Å². The Balaban J connectivity index is 3.98. The molecule has 1 N–H and O–H groups in total. The number of carbonyl (C=O) groups excluding carboxylic acids is 1. The molecule has 1 atom stereocenters. The number of ether oxygens (including phenoxy) is 1. The second kappa shape index (κ2) is 4.90. The van der Waals surface area contributed by atoms with Gasteiger partial charge in [-0.2, -0.15) is 0 Å². The maximum atomic E-state index is 10.5. The second-order valence-corrected chi connectivity index (χ2v) is 3.52. The summed E-state index contributed by atoms with van der Waals surface area (Å²) < 4.78 is 4.63. The van der Waals surface area contributed by atoms with Gasteiger partial charge in [-0.3, -0.25) is 4.79 Å². The summed E-state index contributed by atoms with van der Waals surface area (Å²) in [6.45, 7) is 3.14. The molecule has 0 fully saturated rings. The zero-order valence-corrected chi connectivity index (χ0v) is 8.24. The van der Waals surface area contributed by atoms with E-state index in [0.717, 1.165) is 17.2 Å². The molecular formula is C6H12O3S2. The van der Waals surface area contributed by atoms with Gasteiger partial charge in [-0.1, -0.05) is 6.92 Å². The van der Waals surface area contributed by atoms with Crippen molar-refractivity contribution in [3.8, 4) is 0 Å². The quantitative estimate of drug-likeness (QED) is 0.310. The highest BCUT2D eigenvalue weighted by Gasteiger charge is 2.28. The Morgan fingerprint density at radius 2 is 2.36 bits per heavy atom. The Morgan fingerprint density at radius 1 is 1.82 bits per heavy atom. The number of carbonyl (C=O) groups is 1. The summed E-state index contributed by atoms with van der Waals surface area (Å²) in [7, 11) is 0.832. The fraction of sp³-hybridized carbons (Fsp3) is 0.833. The zero-order chi connectivity index (χ0) is 8.91. The molecule has 0 amide bonds. The van der Waals surface area contributed by atoms with E-state index < -0.39 is 11.1 Å². The largest absolute Gasteiger partial charge is 0.423 e. The molecule has 3 nitrogen and oxygen atoms in total. The van der Waals surface area contributed by atoms with Gasteiger partial charge >= 0.3 is 5.97 Å². The molecule has 0 aromatic carbocycles. The molecule has 0 aliphatic carbocycles. The molecule has 0 saturated heterocycles. The van der Waals surface area contributed by atoms with Crippen molar-refractivity contribution in [2.75, 3.05) is 0 Å². The predicted molar refractivity (Wildman–Crippen MR) is 48.2 cm³/mol. The van der Waals surface area contributed by atoms with E-state index in [4.69, 9.17) is 0 Å². The summed E-state index contributed by atoms with van der Waals surface area (Å²) in [6, 6.07) is 0. The Hall–Kier alpha value is 0.130. The molecule has 0 aliphatic heterocycles. The van der Waals surface area contributed by atoms with Gasteiger partial charge < -0.3 is 9.84 Å². The molecule has 0 radical (unpaired) electrons. The van der Waals surface area contributed by atoms with E-state index >= 15 is 0 Å². The van der Waals surface area contributed by atoms with Crippen LogP contribution in [-0.4, -0.2) is 16.2 Å². The minimum atomic E-state index is -1.45. The van der Waals surface area contributed by atoms with Gasteiger partial charge in [0.05, 0.1) is 0 Å². The van der Waals surface area contributed by atoms with Crippen LogP contribution in [0.5, 0.6) is 0 Å². The highest BCUT2D eigenvalue weighted by atomic mass is 33.1. The van der Waals surface area contributed by atoms with Crippen LogP contribution in [0, 0.1) is 0 Å². The van der Waals surface area contributed by atoms with Crippen molar-refractivity contribution in [1.29, 1.82) is 0 Å². The van der Waals surface area contributed by atoms with Crippen LogP contribution in [0.25, 0.3) is 0 Å². The van der Waals surface area contributed by atoms with E-state index in [1.807, 2.05) is 6.92 Å². The van der Waals surface area contributed by atoms with E-state index in [-0.39, 0.29) is 0 Å². The maximum absolute atomic E-state index is 10.5. The van der Waals surface area contributed by atoms with Gasteiger partial charge in [-0.25, -0.2) is 0 Å². The van der Waals surface area contributed by atoms with Crippen LogP contribution in [0.3, 0.4) is 0 Å². The lowest BCUT2D eigenvalue weighted by Gasteiger charge is -2.23. The lowest BCUT2D eigenvalue weighted by molar-refractivity contribution is -0.174. The van der Waals surface area contributed by atoms with Crippen molar-refractivity contribution in [3.63, 3.8) is 0 Å². The minimum Gasteiger partial charge on any atom is -0.423 e. The molecule has 0 aromatic rings. The predicted octanol–water partition coefficient (Wildman–Crippen LogP) is 1.57. The van der Waals surface area contributed by atoms with Crippen LogP contribution < -0.4 is 0 Å². The van der Waals surface area contributed by atoms with Crippen molar-refractivity contribution >= 4 is 28.4 Å². The van der Waals surface area contributed by atoms with Gasteiger partial charge in [0, 0.05) is 13.3 Å². The summed E-state index contributed by atoms with van der Waals surface area (Å²) in [4.78, 5) is 10.5. The van der Waals surface area contributed by atoms with E-state index in [1.54, 1.807) is 0 Å². The summed E-state index contributed by atoms with van der Waals surface area (Å²) >= 11 is 3.80. The molecule has 0 spiro atoms. The fourth-order valence-corrected chi connectivity index (χ4v) is 1.49. The third-order valence-corrected chi connectivity index (χ3v) is 2.44. The van der Waals surface area contributed by atoms with Gasteiger partial charge in [0.2, 0.25) is 0 Å². The van der Waals surface area contributed by atoms with E-state index in [2.05, 4.69) is 16.4 Å². The van der Waals surface area contributed by atoms with Crippen molar-refractivity contribution in [2.45, 2.75) is 31.8 Å². The summed E-state index contributed by atoms with van der Waals surface area (Å²) in [5, 5.41) is 7.98. The first-order chi connectivity index (χ1) is 5.04. The van der Waals surface area contributed by atoms with Gasteiger partial charge in [0.15, 0.2) is 0 Å². The van der Waals surface area contributed by atoms with Crippen LogP contribution in [0.4, 0.5) is 0 Å². The molecule has 1 unspecified atom stereocenters. The first-order valence-corrected chi connectivity index (χ1v) is 5.15. The van der Waals surface area contributed by atoms with Gasteiger partial charge in [0.1, 0.15) is 0 Å². The first kappa shape index (κ1) is 11.1. The SMILES string of the molecule is CCCC(O)(OC(C)=O)SS. The minimum absolute atomic E-state index is 0.390. The lowest BCUT2D eigenvalue weighted by Crippen LogP contribution is -2.28. The molecule has 5 heteroatoms. The highest BCUT2D eigenvalue weighted by molar-refractivity contribution is 8.69. The molecule has 0 saturated carbocycles.